The van der Waals surface area contributed by atoms with E-state index in [0.717, 1.165) is 29.8 Å². The molecule has 1 fully saturated rings. The number of fused-ring (bicyclic) bond motifs is 1. The lowest BCUT2D eigenvalue weighted by atomic mass is 9.88. The molecule has 2 heterocycles. The summed E-state index contributed by atoms with van der Waals surface area (Å²) >= 11 is 0. The molecule has 1 saturated heterocycles. The number of hydrogen-bond donors (Lipinski definition) is 2. The van der Waals surface area contributed by atoms with E-state index in [1.54, 1.807) is 0 Å². The third kappa shape index (κ3) is 2.13. The van der Waals surface area contributed by atoms with Crippen LogP contribution in [0, 0.1) is 12.8 Å². The Bertz CT molecular complexity index is 543. The smallest absolute Gasteiger partial charge is 0.192 e. The first-order chi connectivity index (χ1) is 8.74. The van der Waals surface area contributed by atoms with Gasteiger partial charge in [-0.2, -0.15) is 0 Å². The molecule has 0 saturated carbocycles. The lowest BCUT2D eigenvalue weighted by molar-refractivity contribution is 0.326. The van der Waals surface area contributed by atoms with Crippen LogP contribution in [0.1, 0.15) is 30.3 Å². The molecule has 2 unspecified atom stereocenters. The second-order valence-electron chi connectivity index (χ2n) is 5.09. The highest BCUT2D eigenvalue weighted by Gasteiger charge is 2.22. The number of piperidine rings is 1. The molecule has 2 aromatic rings. The SMILES string of the molecule is Cc1nc2cc(C(N)C3CCCNC3)ccc2o1. The Morgan fingerprint density at radius 2 is 2.39 bits per heavy atom. The fourth-order valence-corrected chi connectivity index (χ4v) is 2.72. The second kappa shape index (κ2) is 4.71. The minimum Gasteiger partial charge on any atom is -0.441 e. The van der Waals surface area contributed by atoms with Gasteiger partial charge in [-0.05, 0) is 49.5 Å². The van der Waals surface area contributed by atoms with Crippen LogP contribution in [0.25, 0.3) is 11.1 Å². The Hall–Kier alpha value is -1.39. The van der Waals surface area contributed by atoms with E-state index < -0.39 is 0 Å². The number of nitrogens with two attached hydrogens (primary N) is 1. The van der Waals surface area contributed by atoms with Crippen molar-refractivity contribution in [1.29, 1.82) is 0 Å². The molecule has 0 spiro atoms. The summed E-state index contributed by atoms with van der Waals surface area (Å²) in [4.78, 5) is 4.36. The third-order valence-electron chi connectivity index (χ3n) is 3.75. The van der Waals surface area contributed by atoms with Crippen molar-refractivity contribution in [3.63, 3.8) is 0 Å². The molecule has 18 heavy (non-hydrogen) atoms. The summed E-state index contributed by atoms with van der Waals surface area (Å²) in [6.45, 7) is 3.99. The summed E-state index contributed by atoms with van der Waals surface area (Å²) in [5.74, 6) is 1.22. The van der Waals surface area contributed by atoms with Crippen molar-refractivity contribution in [2.24, 2.45) is 11.7 Å². The van der Waals surface area contributed by atoms with Gasteiger partial charge in [-0.1, -0.05) is 6.07 Å². The number of nitrogens with one attached hydrogen (secondary N) is 1. The summed E-state index contributed by atoms with van der Waals surface area (Å²) in [6.07, 6.45) is 2.41. The van der Waals surface area contributed by atoms with Crippen molar-refractivity contribution in [3.05, 3.63) is 29.7 Å². The summed E-state index contributed by atoms with van der Waals surface area (Å²) < 4.78 is 5.48. The van der Waals surface area contributed by atoms with Crippen LogP contribution >= 0.6 is 0 Å². The first-order valence-corrected chi connectivity index (χ1v) is 6.57. The second-order valence-corrected chi connectivity index (χ2v) is 5.09. The summed E-state index contributed by atoms with van der Waals surface area (Å²) in [7, 11) is 0. The number of oxazole rings is 1. The van der Waals surface area contributed by atoms with Crippen molar-refractivity contribution in [2.75, 3.05) is 13.1 Å². The van der Waals surface area contributed by atoms with E-state index in [2.05, 4.69) is 22.4 Å². The van der Waals surface area contributed by atoms with Crippen molar-refractivity contribution in [2.45, 2.75) is 25.8 Å². The molecule has 1 aliphatic rings. The van der Waals surface area contributed by atoms with Crippen molar-refractivity contribution >= 4 is 11.1 Å². The van der Waals surface area contributed by atoms with E-state index in [-0.39, 0.29) is 6.04 Å². The molecule has 96 valence electrons. The maximum atomic E-state index is 6.37. The number of hydrogen-bond acceptors (Lipinski definition) is 4. The van der Waals surface area contributed by atoms with Crippen LogP contribution in [-0.4, -0.2) is 18.1 Å². The fourth-order valence-electron chi connectivity index (χ4n) is 2.72. The molecule has 0 aliphatic carbocycles. The van der Waals surface area contributed by atoms with Crippen LogP contribution in [-0.2, 0) is 0 Å². The molecule has 1 aliphatic heterocycles. The molecule has 4 nitrogen and oxygen atoms in total. The van der Waals surface area contributed by atoms with Crippen LogP contribution in [0.15, 0.2) is 22.6 Å². The summed E-state index contributed by atoms with van der Waals surface area (Å²) in [5.41, 5.74) is 9.27. The Kier molecular flexibility index (Phi) is 3.06. The molecule has 3 N–H and O–H groups in total. The molecule has 3 rings (SSSR count). The highest BCUT2D eigenvalue weighted by molar-refractivity contribution is 5.73. The lowest BCUT2D eigenvalue weighted by Crippen LogP contribution is -2.36. The van der Waals surface area contributed by atoms with Crippen molar-refractivity contribution in [3.8, 4) is 0 Å². The standard InChI is InChI=1S/C14H19N3O/c1-9-17-12-7-10(4-5-13(12)18-9)14(15)11-3-2-6-16-8-11/h4-5,7,11,14,16H,2-3,6,8,15H2,1H3. The molecule has 1 aromatic heterocycles. The topological polar surface area (TPSA) is 64.1 Å². The van der Waals surface area contributed by atoms with Crippen LogP contribution in [0.4, 0.5) is 0 Å². The first kappa shape index (κ1) is 11.7. The molecule has 2 atom stereocenters. The number of rotatable bonds is 2. The number of benzene rings is 1. The third-order valence-corrected chi connectivity index (χ3v) is 3.75. The Morgan fingerprint density at radius 3 is 3.17 bits per heavy atom. The summed E-state index contributed by atoms with van der Waals surface area (Å²) in [5, 5.41) is 3.41. The van der Waals surface area contributed by atoms with Crippen molar-refractivity contribution in [1.82, 2.24) is 10.3 Å². The van der Waals surface area contributed by atoms with Crippen molar-refractivity contribution < 1.29 is 4.42 Å². The molecule has 1 aromatic carbocycles. The van der Waals surface area contributed by atoms with Gasteiger partial charge in [0.1, 0.15) is 5.52 Å². The zero-order valence-electron chi connectivity index (χ0n) is 10.6. The quantitative estimate of drug-likeness (QED) is 0.850. The predicted octanol–water partition coefficient (Wildman–Crippen LogP) is 2.14. The molecule has 4 heteroatoms. The fraction of sp³-hybridized carbons (Fsp3) is 0.500. The van der Waals surface area contributed by atoms with Gasteiger partial charge in [-0.15, -0.1) is 0 Å². The Morgan fingerprint density at radius 1 is 1.50 bits per heavy atom. The van der Waals surface area contributed by atoms with Gasteiger partial charge in [-0.25, -0.2) is 4.98 Å². The van der Waals surface area contributed by atoms with E-state index in [1.807, 2.05) is 13.0 Å². The molecule has 0 bridgehead atoms. The summed E-state index contributed by atoms with van der Waals surface area (Å²) in [6, 6.07) is 6.18. The highest BCUT2D eigenvalue weighted by Crippen LogP contribution is 2.27. The van der Waals surface area contributed by atoms with Gasteiger partial charge in [0.15, 0.2) is 11.5 Å². The maximum absolute atomic E-state index is 6.37. The van der Waals surface area contributed by atoms with Gasteiger partial charge in [0, 0.05) is 13.0 Å². The van der Waals surface area contributed by atoms with Crippen LogP contribution < -0.4 is 11.1 Å². The van der Waals surface area contributed by atoms with Gasteiger partial charge in [-0.3, -0.25) is 0 Å². The minimum atomic E-state index is 0.0826. The predicted molar refractivity (Wildman–Crippen MR) is 71.3 cm³/mol. The van der Waals surface area contributed by atoms with Gasteiger partial charge in [0.05, 0.1) is 0 Å². The van der Waals surface area contributed by atoms with Gasteiger partial charge in [0.25, 0.3) is 0 Å². The molecular formula is C14H19N3O. The molecule has 0 radical (unpaired) electrons. The van der Waals surface area contributed by atoms with Crippen LogP contribution in [0.5, 0.6) is 0 Å². The molecular weight excluding hydrogens is 226 g/mol. The van der Waals surface area contributed by atoms with Gasteiger partial charge < -0.3 is 15.5 Å². The van der Waals surface area contributed by atoms with Crippen LogP contribution in [0.2, 0.25) is 0 Å². The maximum Gasteiger partial charge on any atom is 0.192 e. The zero-order chi connectivity index (χ0) is 12.5. The van der Waals surface area contributed by atoms with Crippen LogP contribution in [0.3, 0.4) is 0 Å². The van der Waals surface area contributed by atoms with E-state index in [9.17, 15) is 0 Å². The van der Waals surface area contributed by atoms with E-state index >= 15 is 0 Å². The average molecular weight is 245 g/mol. The van der Waals surface area contributed by atoms with E-state index in [4.69, 9.17) is 10.2 Å². The number of aromatic nitrogens is 1. The van der Waals surface area contributed by atoms with Gasteiger partial charge in [0.2, 0.25) is 0 Å². The number of aryl methyl sites for hydroxylation is 1. The minimum absolute atomic E-state index is 0.0826. The first-order valence-electron chi connectivity index (χ1n) is 6.57. The van der Waals surface area contributed by atoms with E-state index in [0.29, 0.717) is 11.8 Å². The monoisotopic (exact) mass is 245 g/mol. The molecule has 0 amide bonds. The Labute approximate surface area is 107 Å². The average Bonchev–Trinajstić information content (AvgIpc) is 2.78. The number of nitrogens with zero attached hydrogens (tertiary/aromatic N) is 1. The zero-order valence-corrected chi connectivity index (χ0v) is 10.6. The largest absolute Gasteiger partial charge is 0.441 e. The van der Waals surface area contributed by atoms with E-state index in [1.165, 1.54) is 12.8 Å². The normalized spacial score (nSPS) is 22.2. The Balaban J connectivity index is 1.88. The van der Waals surface area contributed by atoms with Gasteiger partial charge >= 0.3 is 0 Å². The lowest BCUT2D eigenvalue weighted by Gasteiger charge is -2.28. The highest BCUT2D eigenvalue weighted by atomic mass is 16.3.